The molecule has 28 heavy (non-hydrogen) atoms. The first-order valence-electron chi connectivity index (χ1n) is 10.0. The van der Waals surface area contributed by atoms with Gasteiger partial charge in [-0.05, 0) is 79.1 Å². The molecule has 4 aliphatic rings. The average molecular weight is 724 g/mol. The van der Waals surface area contributed by atoms with Crippen LogP contribution in [-0.4, -0.2) is 50.8 Å². The maximum Gasteiger partial charge on any atom is 3.00 e. The number of hydrogen-bond acceptors (Lipinski definition) is 4. The van der Waals surface area contributed by atoms with Crippen molar-refractivity contribution in [3.05, 3.63) is 0 Å². The van der Waals surface area contributed by atoms with Crippen LogP contribution in [0.4, 0.5) is 0 Å². The van der Waals surface area contributed by atoms with Crippen LogP contribution in [0.25, 0.3) is 0 Å². The van der Waals surface area contributed by atoms with Crippen LogP contribution in [0.3, 0.4) is 0 Å². The molecule has 0 saturated carbocycles. The van der Waals surface area contributed by atoms with E-state index in [4.69, 9.17) is 18.9 Å². The quantitative estimate of drug-likeness (QED) is 0.254. The van der Waals surface area contributed by atoms with Crippen LogP contribution in [0.15, 0.2) is 0 Å². The van der Waals surface area contributed by atoms with Crippen molar-refractivity contribution in [2.75, 3.05) is 26.4 Å². The SMILES string of the molecule is C[C@@H]1CCCO1.C[C@@H]1CCCO1.C[C@H]1CCCO1.C[C@H]1CCCO1.[Br-].[Br-].[Br-].[Ce+3]. The number of rotatable bonds is 0. The molecule has 0 N–H and O–H groups in total. The zero-order chi connectivity index (χ0) is 17.6. The van der Waals surface area contributed by atoms with Gasteiger partial charge in [0, 0.05) is 26.4 Å². The van der Waals surface area contributed by atoms with Crippen molar-refractivity contribution < 1.29 is 112 Å². The van der Waals surface area contributed by atoms with Gasteiger partial charge in [0.15, 0.2) is 0 Å². The predicted molar refractivity (Wildman–Crippen MR) is 98.6 cm³/mol. The van der Waals surface area contributed by atoms with Crippen molar-refractivity contribution in [1.82, 2.24) is 0 Å². The summed E-state index contributed by atoms with van der Waals surface area (Å²) in [5.74, 6) is 0. The van der Waals surface area contributed by atoms with Gasteiger partial charge in [-0.3, -0.25) is 0 Å². The zero-order valence-corrected chi connectivity index (χ0v) is 26.0. The molecule has 0 bridgehead atoms. The van der Waals surface area contributed by atoms with Crippen LogP contribution in [-0.2, 0) is 18.9 Å². The molecule has 4 atom stereocenters. The molecule has 0 amide bonds. The minimum atomic E-state index is 0. The molecule has 0 aromatic heterocycles. The van der Waals surface area contributed by atoms with Crippen molar-refractivity contribution in [3.63, 3.8) is 0 Å². The molecule has 4 rings (SSSR count). The molecule has 0 aliphatic carbocycles. The number of hydrogen-bond donors (Lipinski definition) is 0. The van der Waals surface area contributed by atoms with E-state index in [9.17, 15) is 0 Å². The third-order valence-electron chi connectivity index (χ3n) is 4.63. The molecule has 4 fully saturated rings. The average Bonchev–Trinajstić information content (AvgIpc) is 3.31. The number of ether oxygens (including phenoxy) is 4. The van der Waals surface area contributed by atoms with E-state index in [0.717, 1.165) is 26.4 Å². The fourth-order valence-electron chi connectivity index (χ4n) is 2.95. The summed E-state index contributed by atoms with van der Waals surface area (Å²) in [5, 5.41) is 0. The van der Waals surface area contributed by atoms with Crippen molar-refractivity contribution >= 4 is 0 Å². The largest absolute Gasteiger partial charge is 3.00 e. The Bertz CT molecular complexity index is 225. The van der Waals surface area contributed by atoms with Crippen LogP contribution in [0.5, 0.6) is 0 Å². The van der Waals surface area contributed by atoms with Gasteiger partial charge < -0.3 is 69.9 Å². The Hall–Kier alpha value is 2.66. The summed E-state index contributed by atoms with van der Waals surface area (Å²) in [6, 6.07) is 0. The van der Waals surface area contributed by atoms with Crippen LogP contribution in [0, 0.1) is 41.7 Å². The first kappa shape index (κ1) is 37.9. The Morgan fingerprint density at radius 1 is 0.429 bits per heavy atom. The Morgan fingerprint density at radius 2 is 0.607 bits per heavy atom. The van der Waals surface area contributed by atoms with E-state index >= 15 is 0 Å². The second-order valence-electron chi connectivity index (χ2n) is 7.29. The molecule has 0 aromatic carbocycles. The summed E-state index contributed by atoms with van der Waals surface area (Å²) in [5.41, 5.74) is 0. The summed E-state index contributed by atoms with van der Waals surface area (Å²) in [6.45, 7) is 12.4. The molecule has 169 valence electrons. The summed E-state index contributed by atoms with van der Waals surface area (Å²) >= 11 is 0. The maximum absolute atomic E-state index is 5.15. The number of halogens is 3. The van der Waals surface area contributed by atoms with E-state index < -0.39 is 0 Å². The topological polar surface area (TPSA) is 36.9 Å². The van der Waals surface area contributed by atoms with Crippen molar-refractivity contribution in [2.24, 2.45) is 0 Å². The van der Waals surface area contributed by atoms with Crippen LogP contribution < -0.4 is 50.9 Å². The maximum atomic E-state index is 5.15. The summed E-state index contributed by atoms with van der Waals surface area (Å²) in [6.07, 6.45) is 12.3. The molecule has 1 radical (unpaired) electrons. The van der Waals surface area contributed by atoms with Crippen LogP contribution >= 0.6 is 0 Å². The molecule has 0 unspecified atom stereocenters. The van der Waals surface area contributed by atoms with Crippen molar-refractivity contribution in [2.45, 2.75) is 103 Å². The molecule has 4 nitrogen and oxygen atoms in total. The van der Waals surface area contributed by atoms with E-state index in [1.807, 2.05) is 0 Å². The Kier molecular flexibility index (Phi) is 35.1. The molecular weight excluding hydrogens is 684 g/mol. The zero-order valence-electron chi connectivity index (χ0n) is 18.1. The molecule has 0 aromatic rings. The third-order valence-corrected chi connectivity index (χ3v) is 4.63. The van der Waals surface area contributed by atoms with Gasteiger partial charge in [0.2, 0.25) is 0 Å². The molecule has 8 heteroatoms. The Labute approximate surface area is 239 Å². The van der Waals surface area contributed by atoms with Crippen molar-refractivity contribution in [3.8, 4) is 0 Å². The van der Waals surface area contributed by atoms with Crippen LogP contribution in [0.2, 0.25) is 0 Å². The normalized spacial score (nSPS) is 29.6. The molecular formula is C20H40Br3CeO4. The second kappa shape index (κ2) is 25.9. The van der Waals surface area contributed by atoms with Gasteiger partial charge in [-0.15, -0.1) is 0 Å². The molecule has 4 saturated heterocycles. The van der Waals surface area contributed by atoms with E-state index in [2.05, 4.69) is 27.7 Å². The van der Waals surface area contributed by atoms with E-state index in [1.165, 1.54) is 51.4 Å². The minimum Gasteiger partial charge on any atom is -1.00 e. The first-order valence-corrected chi connectivity index (χ1v) is 10.0. The van der Waals surface area contributed by atoms with Crippen LogP contribution in [0.1, 0.15) is 79.1 Å². The van der Waals surface area contributed by atoms with Gasteiger partial charge >= 0.3 is 41.7 Å². The minimum absolute atomic E-state index is 0. The van der Waals surface area contributed by atoms with E-state index in [0.29, 0.717) is 24.4 Å². The van der Waals surface area contributed by atoms with Gasteiger partial charge in [0.05, 0.1) is 24.4 Å². The molecule has 4 aliphatic heterocycles. The summed E-state index contributed by atoms with van der Waals surface area (Å²) in [7, 11) is 0. The van der Waals surface area contributed by atoms with Gasteiger partial charge in [-0.25, -0.2) is 0 Å². The van der Waals surface area contributed by atoms with Gasteiger partial charge in [-0.2, -0.15) is 0 Å². The Morgan fingerprint density at radius 3 is 0.643 bits per heavy atom. The summed E-state index contributed by atoms with van der Waals surface area (Å²) in [4.78, 5) is 0. The Balaban J connectivity index is -0.000000131. The van der Waals surface area contributed by atoms with E-state index in [1.54, 1.807) is 0 Å². The van der Waals surface area contributed by atoms with E-state index in [-0.39, 0.29) is 92.7 Å². The summed E-state index contributed by atoms with van der Waals surface area (Å²) < 4.78 is 20.6. The first-order chi connectivity index (χ1) is 11.6. The molecule has 4 heterocycles. The third kappa shape index (κ3) is 23.3. The second-order valence-corrected chi connectivity index (χ2v) is 7.29. The van der Waals surface area contributed by atoms with Gasteiger partial charge in [0.25, 0.3) is 0 Å². The standard InChI is InChI=1S/4C5H10O.3BrH.Ce/c4*1-5-3-2-4-6-5;;;;/h4*5H,2-4H2,1H3;3*1H;/q;;;;;;;+3/p-3/t4*5-;;;;/m1100..../s1. The fourth-order valence-corrected chi connectivity index (χ4v) is 2.95. The molecule has 0 spiro atoms. The van der Waals surface area contributed by atoms with Crippen molar-refractivity contribution in [1.29, 1.82) is 0 Å². The monoisotopic (exact) mass is 721 g/mol. The van der Waals surface area contributed by atoms with Gasteiger partial charge in [-0.1, -0.05) is 0 Å². The fraction of sp³-hybridized carbons (Fsp3) is 1.00. The predicted octanol–water partition coefficient (Wildman–Crippen LogP) is -4.25. The smallest absolute Gasteiger partial charge is 1.00 e. The van der Waals surface area contributed by atoms with Gasteiger partial charge in [0.1, 0.15) is 0 Å².